The van der Waals surface area contributed by atoms with Crippen molar-refractivity contribution in [3.63, 3.8) is 0 Å². The smallest absolute Gasteiger partial charge is 0.333 e. The van der Waals surface area contributed by atoms with E-state index < -0.39 is 23.7 Å². The van der Waals surface area contributed by atoms with Crippen LogP contribution in [0.2, 0.25) is 0 Å². The molecule has 2 heterocycles. The van der Waals surface area contributed by atoms with Crippen LogP contribution in [0, 0.1) is 0 Å². The van der Waals surface area contributed by atoms with E-state index in [1.54, 1.807) is 23.8 Å². The fourth-order valence-corrected chi connectivity index (χ4v) is 3.83. The van der Waals surface area contributed by atoms with Gasteiger partial charge in [-0.25, -0.2) is 14.3 Å². The number of benzene rings is 2. The summed E-state index contributed by atoms with van der Waals surface area (Å²) in [5.74, 6) is -0.477. The molecular formula is C25H28N6O4. The number of anilines is 2. The van der Waals surface area contributed by atoms with Crippen LogP contribution in [0.3, 0.4) is 0 Å². The number of nitrogens with zero attached hydrogens (tertiary/aromatic N) is 5. The van der Waals surface area contributed by atoms with Crippen molar-refractivity contribution in [2.75, 3.05) is 38.0 Å². The molecule has 0 bridgehead atoms. The first kappa shape index (κ1) is 24.0. The fraction of sp³-hybridized carbons (Fsp3) is 0.280. The Morgan fingerprint density at radius 3 is 2.40 bits per heavy atom. The summed E-state index contributed by atoms with van der Waals surface area (Å²) in [6.07, 6.45) is 1.52. The van der Waals surface area contributed by atoms with Gasteiger partial charge in [-0.15, -0.1) is 0 Å². The maximum absolute atomic E-state index is 13.4. The summed E-state index contributed by atoms with van der Waals surface area (Å²) in [4.78, 5) is 45.9. The van der Waals surface area contributed by atoms with E-state index in [2.05, 4.69) is 10.3 Å². The van der Waals surface area contributed by atoms with Gasteiger partial charge in [0, 0.05) is 39.1 Å². The number of imidazole rings is 1. The van der Waals surface area contributed by atoms with Crippen LogP contribution in [-0.2, 0) is 29.2 Å². The third-order valence-electron chi connectivity index (χ3n) is 5.67. The predicted octanol–water partition coefficient (Wildman–Crippen LogP) is 1.76. The molecule has 4 rings (SSSR count). The quantitative estimate of drug-likeness (QED) is 0.395. The molecule has 0 atom stereocenters. The van der Waals surface area contributed by atoms with Crippen molar-refractivity contribution in [3.05, 3.63) is 87.3 Å². The van der Waals surface area contributed by atoms with Crippen LogP contribution in [-0.4, -0.2) is 52.4 Å². The Kier molecular flexibility index (Phi) is 7.11. The summed E-state index contributed by atoms with van der Waals surface area (Å²) in [5.41, 5.74) is 1.79. The molecule has 2 aromatic heterocycles. The van der Waals surface area contributed by atoms with Gasteiger partial charge in [0.2, 0.25) is 5.91 Å². The van der Waals surface area contributed by atoms with Gasteiger partial charge in [0.25, 0.3) is 5.56 Å². The molecule has 0 aliphatic rings. The Bertz CT molecular complexity index is 1440. The summed E-state index contributed by atoms with van der Waals surface area (Å²) in [5, 5.41) is 2.76. The van der Waals surface area contributed by atoms with E-state index in [0.29, 0.717) is 18.8 Å². The molecule has 0 saturated heterocycles. The Labute approximate surface area is 202 Å². The molecule has 1 amide bonds. The van der Waals surface area contributed by atoms with Crippen LogP contribution < -0.4 is 21.5 Å². The minimum Gasteiger partial charge on any atom is -0.383 e. The average molecular weight is 477 g/mol. The number of hydrogen-bond acceptors (Lipinski definition) is 6. The molecule has 0 saturated carbocycles. The number of hydrogen-bond donors (Lipinski definition) is 1. The molecule has 4 aromatic rings. The van der Waals surface area contributed by atoms with Crippen molar-refractivity contribution in [1.29, 1.82) is 0 Å². The van der Waals surface area contributed by atoms with Gasteiger partial charge in [0.15, 0.2) is 11.2 Å². The Morgan fingerprint density at radius 1 is 1.03 bits per heavy atom. The molecule has 35 heavy (non-hydrogen) atoms. The Morgan fingerprint density at radius 2 is 1.74 bits per heavy atom. The Balaban J connectivity index is 1.72. The predicted molar refractivity (Wildman–Crippen MR) is 135 cm³/mol. The van der Waals surface area contributed by atoms with E-state index in [1.165, 1.54) is 10.9 Å². The van der Waals surface area contributed by atoms with Gasteiger partial charge in [0.05, 0.1) is 19.5 Å². The summed E-state index contributed by atoms with van der Waals surface area (Å²) in [6.45, 7) is 0.543. The lowest BCUT2D eigenvalue weighted by molar-refractivity contribution is -0.116. The molecule has 10 heteroatoms. The van der Waals surface area contributed by atoms with Crippen LogP contribution >= 0.6 is 0 Å². The molecule has 0 fully saturated rings. The topological polar surface area (TPSA) is 103 Å². The first-order valence-corrected chi connectivity index (χ1v) is 11.2. The van der Waals surface area contributed by atoms with Gasteiger partial charge in [0.1, 0.15) is 6.54 Å². The first-order valence-electron chi connectivity index (χ1n) is 11.2. The highest BCUT2D eigenvalue weighted by Gasteiger charge is 2.20. The lowest BCUT2D eigenvalue weighted by atomic mass is 10.2. The number of carbonyl (C=O) groups excluding carboxylic acids is 1. The molecule has 0 aliphatic carbocycles. The molecule has 0 unspecified atom stereocenters. The number of rotatable bonds is 9. The molecule has 0 spiro atoms. The molecule has 0 aliphatic heterocycles. The molecule has 0 radical (unpaired) electrons. The zero-order valence-electron chi connectivity index (χ0n) is 20.0. The monoisotopic (exact) mass is 476 g/mol. The van der Waals surface area contributed by atoms with E-state index in [0.717, 1.165) is 15.8 Å². The highest BCUT2D eigenvalue weighted by atomic mass is 16.5. The number of methoxy groups -OCH3 is 1. The van der Waals surface area contributed by atoms with Crippen molar-refractivity contribution in [2.45, 2.75) is 19.6 Å². The lowest BCUT2D eigenvalue weighted by Gasteiger charge is -2.14. The number of amides is 1. The highest BCUT2D eigenvalue weighted by molar-refractivity contribution is 5.90. The number of fused-ring (bicyclic) bond motifs is 1. The van der Waals surface area contributed by atoms with Gasteiger partial charge in [-0.2, -0.15) is 0 Å². The zero-order chi connectivity index (χ0) is 24.9. The van der Waals surface area contributed by atoms with Crippen molar-refractivity contribution in [1.82, 2.24) is 18.7 Å². The second-order valence-electron chi connectivity index (χ2n) is 8.34. The molecular weight excluding hydrogens is 448 g/mol. The van der Waals surface area contributed by atoms with Gasteiger partial charge in [-0.1, -0.05) is 30.3 Å². The molecule has 1 N–H and O–H groups in total. The van der Waals surface area contributed by atoms with E-state index in [9.17, 15) is 14.4 Å². The number of carbonyl (C=O) groups is 1. The average Bonchev–Trinajstić information content (AvgIpc) is 3.28. The van der Waals surface area contributed by atoms with Crippen molar-refractivity contribution in [3.8, 4) is 0 Å². The Hall–Kier alpha value is -4.18. The van der Waals surface area contributed by atoms with E-state index in [1.807, 2.05) is 61.5 Å². The third kappa shape index (κ3) is 5.17. The fourth-order valence-electron chi connectivity index (χ4n) is 3.83. The minimum atomic E-state index is -0.596. The van der Waals surface area contributed by atoms with Crippen LogP contribution in [0.4, 0.5) is 11.4 Å². The molecule has 10 nitrogen and oxygen atoms in total. The maximum Gasteiger partial charge on any atom is 0.333 e. The number of ether oxygens (including phenoxy) is 1. The minimum absolute atomic E-state index is 0.214. The van der Waals surface area contributed by atoms with Gasteiger partial charge in [-0.05, 0) is 29.8 Å². The van der Waals surface area contributed by atoms with E-state index in [4.69, 9.17) is 4.74 Å². The van der Waals surface area contributed by atoms with E-state index >= 15 is 0 Å². The SMILES string of the molecule is COCCn1cnc2c1c(=O)n(CC(=O)Nc1ccc(N(C)C)cc1)c(=O)n2Cc1ccccc1. The lowest BCUT2D eigenvalue weighted by Crippen LogP contribution is -2.43. The van der Waals surface area contributed by atoms with Crippen LogP contribution in [0.25, 0.3) is 11.2 Å². The highest BCUT2D eigenvalue weighted by Crippen LogP contribution is 2.16. The zero-order valence-corrected chi connectivity index (χ0v) is 20.0. The molecule has 2 aromatic carbocycles. The normalized spacial score (nSPS) is 11.1. The van der Waals surface area contributed by atoms with Crippen LogP contribution in [0.1, 0.15) is 5.56 Å². The second-order valence-corrected chi connectivity index (χ2v) is 8.34. The van der Waals surface area contributed by atoms with Gasteiger partial charge in [-0.3, -0.25) is 14.2 Å². The van der Waals surface area contributed by atoms with Gasteiger partial charge >= 0.3 is 5.69 Å². The van der Waals surface area contributed by atoms with Crippen molar-refractivity contribution in [2.24, 2.45) is 0 Å². The number of aromatic nitrogens is 4. The van der Waals surface area contributed by atoms with Gasteiger partial charge < -0.3 is 19.5 Å². The summed E-state index contributed by atoms with van der Waals surface area (Å²) < 4.78 is 9.18. The molecule has 182 valence electrons. The summed E-state index contributed by atoms with van der Waals surface area (Å²) >= 11 is 0. The largest absolute Gasteiger partial charge is 0.383 e. The first-order chi connectivity index (χ1) is 16.9. The number of nitrogens with one attached hydrogen (secondary N) is 1. The maximum atomic E-state index is 13.4. The second kappa shape index (κ2) is 10.4. The standard InChI is InChI=1S/C25H28N6O4/c1-28(2)20-11-9-19(10-12-20)27-21(32)16-31-24(33)22-23(26-17-29(22)13-14-35-3)30(25(31)34)15-18-7-5-4-6-8-18/h4-12,17H,13-16H2,1-3H3,(H,27,32). The van der Waals surface area contributed by atoms with Crippen molar-refractivity contribution >= 4 is 28.4 Å². The van der Waals surface area contributed by atoms with Crippen LogP contribution in [0.15, 0.2) is 70.5 Å². The summed E-state index contributed by atoms with van der Waals surface area (Å²) in [6, 6.07) is 16.7. The van der Waals surface area contributed by atoms with Crippen LogP contribution in [0.5, 0.6) is 0 Å². The van der Waals surface area contributed by atoms with Crippen molar-refractivity contribution < 1.29 is 9.53 Å². The third-order valence-corrected chi connectivity index (χ3v) is 5.67. The summed E-state index contributed by atoms with van der Waals surface area (Å²) in [7, 11) is 5.42. The van der Waals surface area contributed by atoms with E-state index in [-0.39, 0.29) is 17.7 Å².